The summed E-state index contributed by atoms with van der Waals surface area (Å²) in [7, 11) is 0. The summed E-state index contributed by atoms with van der Waals surface area (Å²) in [5.74, 6) is 1.72. The van der Waals surface area contributed by atoms with Crippen LogP contribution in [0.15, 0.2) is 51.9 Å². The average Bonchev–Trinajstić information content (AvgIpc) is 3.34. The summed E-state index contributed by atoms with van der Waals surface area (Å²) in [5.41, 5.74) is 0.856. The molecule has 0 aliphatic carbocycles. The lowest BCUT2D eigenvalue weighted by Crippen LogP contribution is -2.37. The lowest BCUT2D eigenvalue weighted by molar-refractivity contribution is 0.0678. The van der Waals surface area contributed by atoms with E-state index in [1.165, 1.54) is 6.26 Å². The van der Waals surface area contributed by atoms with Crippen LogP contribution in [0, 0.1) is 0 Å². The molecule has 1 aliphatic rings. The third kappa shape index (κ3) is 2.80. The average molecular weight is 324 g/mol. The van der Waals surface area contributed by atoms with Gasteiger partial charge in [0.2, 0.25) is 0 Å². The predicted octanol–water partition coefficient (Wildman–Crippen LogP) is 2.74. The van der Waals surface area contributed by atoms with Gasteiger partial charge in [-0.05, 0) is 37.1 Å². The van der Waals surface area contributed by atoms with Crippen molar-refractivity contribution in [3.63, 3.8) is 0 Å². The SMILES string of the molecule is O=C(c1ccco1)N1CCC(c2noc(-c3ccncc3)n2)CC1. The number of furan rings is 1. The summed E-state index contributed by atoms with van der Waals surface area (Å²) in [4.78, 5) is 22.5. The fourth-order valence-corrected chi connectivity index (χ4v) is 2.91. The van der Waals surface area contributed by atoms with Gasteiger partial charge in [0, 0.05) is 37.0 Å². The molecule has 0 atom stereocenters. The Kier molecular flexibility index (Phi) is 3.82. The lowest BCUT2D eigenvalue weighted by atomic mass is 9.96. The third-order valence-corrected chi connectivity index (χ3v) is 4.25. The highest BCUT2D eigenvalue weighted by Gasteiger charge is 2.28. The lowest BCUT2D eigenvalue weighted by Gasteiger charge is -2.29. The maximum Gasteiger partial charge on any atom is 0.289 e. The summed E-state index contributed by atoms with van der Waals surface area (Å²) in [6.07, 6.45) is 6.51. The molecule has 0 bridgehead atoms. The molecule has 0 aromatic carbocycles. The zero-order chi connectivity index (χ0) is 16.4. The summed E-state index contributed by atoms with van der Waals surface area (Å²) in [6.45, 7) is 1.31. The smallest absolute Gasteiger partial charge is 0.289 e. The van der Waals surface area contributed by atoms with Gasteiger partial charge in [-0.25, -0.2) is 0 Å². The zero-order valence-corrected chi connectivity index (χ0v) is 13.0. The fraction of sp³-hybridized carbons (Fsp3) is 0.294. The number of nitrogens with zero attached hydrogens (tertiary/aromatic N) is 4. The number of hydrogen-bond acceptors (Lipinski definition) is 6. The third-order valence-electron chi connectivity index (χ3n) is 4.25. The number of amides is 1. The van der Waals surface area contributed by atoms with E-state index in [4.69, 9.17) is 8.94 Å². The Morgan fingerprint density at radius 3 is 2.67 bits per heavy atom. The van der Waals surface area contributed by atoms with Gasteiger partial charge in [0.1, 0.15) is 0 Å². The Morgan fingerprint density at radius 1 is 1.17 bits per heavy atom. The second-order valence-electron chi connectivity index (χ2n) is 5.74. The molecule has 7 nitrogen and oxygen atoms in total. The Balaban J connectivity index is 1.41. The molecule has 7 heteroatoms. The van der Waals surface area contributed by atoms with Gasteiger partial charge >= 0.3 is 0 Å². The van der Waals surface area contributed by atoms with Crippen molar-refractivity contribution in [2.24, 2.45) is 0 Å². The highest BCUT2D eigenvalue weighted by atomic mass is 16.5. The summed E-state index contributed by atoms with van der Waals surface area (Å²) in [6, 6.07) is 7.08. The van der Waals surface area contributed by atoms with Gasteiger partial charge in [0.15, 0.2) is 11.6 Å². The minimum Gasteiger partial charge on any atom is -0.459 e. The Morgan fingerprint density at radius 2 is 1.96 bits per heavy atom. The van der Waals surface area contributed by atoms with Crippen molar-refractivity contribution < 1.29 is 13.7 Å². The van der Waals surface area contributed by atoms with E-state index < -0.39 is 0 Å². The Hall–Kier alpha value is -2.96. The van der Waals surface area contributed by atoms with E-state index in [2.05, 4.69) is 15.1 Å². The Labute approximate surface area is 138 Å². The number of carbonyl (C=O) groups excluding carboxylic acids is 1. The number of pyridine rings is 1. The van der Waals surface area contributed by atoms with Crippen LogP contribution in [-0.4, -0.2) is 39.0 Å². The maximum absolute atomic E-state index is 12.3. The molecule has 0 unspecified atom stereocenters. The van der Waals surface area contributed by atoms with Crippen molar-refractivity contribution in [1.29, 1.82) is 0 Å². The summed E-state index contributed by atoms with van der Waals surface area (Å²) < 4.78 is 10.5. The van der Waals surface area contributed by atoms with Crippen molar-refractivity contribution in [3.05, 3.63) is 54.5 Å². The molecule has 3 aromatic heterocycles. The largest absolute Gasteiger partial charge is 0.459 e. The van der Waals surface area contributed by atoms with Crippen molar-refractivity contribution in [2.45, 2.75) is 18.8 Å². The highest BCUT2D eigenvalue weighted by molar-refractivity contribution is 5.91. The van der Waals surface area contributed by atoms with Crippen LogP contribution in [0.4, 0.5) is 0 Å². The van der Waals surface area contributed by atoms with Crippen LogP contribution in [0.3, 0.4) is 0 Å². The predicted molar refractivity (Wildman–Crippen MR) is 84.1 cm³/mol. The summed E-state index contributed by atoms with van der Waals surface area (Å²) >= 11 is 0. The van der Waals surface area contributed by atoms with Gasteiger partial charge in [-0.1, -0.05) is 5.16 Å². The van der Waals surface area contributed by atoms with Crippen LogP contribution < -0.4 is 0 Å². The van der Waals surface area contributed by atoms with Gasteiger partial charge in [0.25, 0.3) is 11.8 Å². The van der Waals surface area contributed by atoms with Gasteiger partial charge in [-0.2, -0.15) is 4.98 Å². The molecule has 1 amide bonds. The topological polar surface area (TPSA) is 85.3 Å². The number of rotatable bonds is 3. The fourth-order valence-electron chi connectivity index (χ4n) is 2.91. The van der Waals surface area contributed by atoms with E-state index in [9.17, 15) is 4.79 Å². The first kappa shape index (κ1) is 14.6. The minimum absolute atomic E-state index is 0.0657. The molecular weight excluding hydrogens is 308 g/mol. The monoisotopic (exact) mass is 324 g/mol. The number of carbonyl (C=O) groups is 1. The Bertz CT molecular complexity index is 806. The molecule has 4 rings (SSSR count). The standard InChI is InChI=1S/C17H16N4O3/c22-17(14-2-1-11-23-14)21-9-5-12(6-10-21)15-19-16(24-20-15)13-3-7-18-8-4-13/h1-4,7-8,11-12H,5-6,9-10H2. The molecule has 0 saturated carbocycles. The van der Waals surface area contributed by atoms with E-state index in [-0.39, 0.29) is 11.8 Å². The van der Waals surface area contributed by atoms with Crippen LogP contribution >= 0.6 is 0 Å². The first-order valence-electron chi connectivity index (χ1n) is 7.88. The van der Waals surface area contributed by atoms with Crippen LogP contribution in [-0.2, 0) is 0 Å². The molecule has 122 valence electrons. The normalized spacial score (nSPS) is 15.6. The van der Waals surface area contributed by atoms with E-state index >= 15 is 0 Å². The molecule has 0 N–H and O–H groups in total. The molecule has 1 saturated heterocycles. The molecule has 3 aromatic rings. The van der Waals surface area contributed by atoms with E-state index in [0.29, 0.717) is 30.6 Å². The zero-order valence-electron chi connectivity index (χ0n) is 13.0. The molecule has 1 aliphatic heterocycles. The van der Waals surface area contributed by atoms with Gasteiger partial charge < -0.3 is 13.8 Å². The number of aromatic nitrogens is 3. The molecule has 0 radical (unpaired) electrons. The second-order valence-corrected chi connectivity index (χ2v) is 5.74. The molecular formula is C17H16N4O3. The molecule has 4 heterocycles. The molecule has 24 heavy (non-hydrogen) atoms. The quantitative estimate of drug-likeness (QED) is 0.736. The van der Waals surface area contributed by atoms with Crippen LogP contribution in [0.1, 0.15) is 35.1 Å². The van der Waals surface area contributed by atoms with Crippen molar-refractivity contribution in [2.75, 3.05) is 13.1 Å². The number of likely N-dealkylation sites (tertiary alicyclic amines) is 1. The highest BCUT2D eigenvalue weighted by Crippen LogP contribution is 2.28. The van der Waals surface area contributed by atoms with Crippen molar-refractivity contribution in [3.8, 4) is 11.5 Å². The number of hydrogen-bond donors (Lipinski definition) is 0. The maximum atomic E-state index is 12.3. The van der Waals surface area contributed by atoms with Gasteiger partial charge in [0.05, 0.1) is 6.26 Å². The first-order valence-corrected chi connectivity index (χ1v) is 7.88. The summed E-state index contributed by atoms with van der Waals surface area (Å²) in [5, 5.41) is 4.11. The van der Waals surface area contributed by atoms with E-state index in [0.717, 1.165) is 18.4 Å². The van der Waals surface area contributed by atoms with Crippen molar-refractivity contribution >= 4 is 5.91 Å². The second kappa shape index (κ2) is 6.27. The van der Waals surface area contributed by atoms with Crippen molar-refractivity contribution in [1.82, 2.24) is 20.0 Å². The van der Waals surface area contributed by atoms with Crippen LogP contribution in [0.5, 0.6) is 0 Å². The van der Waals surface area contributed by atoms with Gasteiger partial charge in [-0.15, -0.1) is 0 Å². The number of piperidine rings is 1. The minimum atomic E-state index is -0.0657. The molecule has 0 spiro atoms. The first-order chi connectivity index (χ1) is 11.8. The van der Waals surface area contributed by atoms with Gasteiger partial charge in [-0.3, -0.25) is 9.78 Å². The van der Waals surface area contributed by atoms with Crippen LogP contribution in [0.2, 0.25) is 0 Å². The molecule has 1 fully saturated rings. The van der Waals surface area contributed by atoms with E-state index in [1.54, 1.807) is 29.4 Å². The van der Waals surface area contributed by atoms with E-state index in [1.807, 2.05) is 12.1 Å². The van der Waals surface area contributed by atoms with Crippen LogP contribution in [0.25, 0.3) is 11.5 Å².